The second-order valence-electron chi connectivity index (χ2n) is 6.74. The molecule has 3 rings (SSSR count). The average molecular weight is 255 g/mol. The summed E-state index contributed by atoms with van der Waals surface area (Å²) in [6.07, 6.45) is 4.21. The number of nitrogen functional groups attached to an aromatic ring is 1. The van der Waals surface area contributed by atoms with Gasteiger partial charge in [-0.1, -0.05) is 32.9 Å². The standard InChI is InChI=1S/C17H21NO/c1-16(2)14-7-8-17(16,3)15(19)13(14)10-11-5-4-6-12(18)9-11/h4-6,9-10,14H,7-8,18H2,1-3H3/b13-10-. The lowest BCUT2D eigenvalue weighted by atomic mass is 9.70. The van der Waals surface area contributed by atoms with Gasteiger partial charge in [-0.2, -0.15) is 0 Å². The molecule has 100 valence electrons. The van der Waals surface area contributed by atoms with Crippen molar-refractivity contribution in [3.05, 3.63) is 35.4 Å². The van der Waals surface area contributed by atoms with Crippen molar-refractivity contribution in [2.24, 2.45) is 16.7 Å². The van der Waals surface area contributed by atoms with Crippen LogP contribution in [0.4, 0.5) is 5.69 Å². The predicted octanol–water partition coefficient (Wildman–Crippen LogP) is 3.68. The molecule has 2 nitrogen and oxygen atoms in total. The number of fused-ring (bicyclic) bond motifs is 2. The Morgan fingerprint density at radius 1 is 1.32 bits per heavy atom. The molecule has 0 aromatic heterocycles. The van der Waals surface area contributed by atoms with Crippen molar-refractivity contribution in [1.29, 1.82) is 0 Å². The summed E-state index contributed by atoms with van der Waals surface area (Å²) < 4.78 is 0. The molecule has 19 heavy (non-hydrogen) atoms. The van der Waals surface area contributed by atoms with E-state index in [0.717, 1.165) is 29.7 Å². The molecule has 1 aromatic carbocycles. The summed E-state index contributed by atoms with van der Waals surface area (Å²) in [6, 6.07) is 7.75. The van der Waals surface area contributed by atoms with Gasteiger partial charge in [-0.05, 0) is 53.5 Å². The van der Waals surface area contributed by atoms with E-state index in [1.807, 2.05) is 24.3 Å². The fraction of sp³-hybridized carbons (Fsp3) is 0.471. The molecule has 2 atom stereocenters. The van der Waals surface area contributed by atoms with Gasteiger partial charge < -0.3 is 5.73 Å². The molecule has 2 saturated carbocycles. The molecule has 0 heterocycles. The molecule has 0 radical (unpaired) electrons. The molecule has 2 aliphatic rings. The summed E-state index contributed by atoms with van der Waals surface area (Å²) >= 11 is 0. The maximum Gasteiger partial charge on any atom is 0.165 e. The Balaban J connectivity index is 2.06. The van der Waals surface area contributed by atoms with Crippen LogP contribution in [0.1, 0.15) is 39.2 Å². The Morgan fingerprint density at radius 3 is 2.63 bits per heavy atom. The Bertz CT molecular complexity index is 585. The first-order valence-electron chi connectivity index (χ1n) is 6.98. The number of rotatable bonds is 1. The number of hydrogen-bond acceptors (Lipinski definition) is 2. The normalized spacial score (nSPS) is 34.2. The zero-order valence-corrected chi connectivity index (χ0v) is 11.9. The number of ketones is 1. The number of benzene rings is 1. The zero-order valence-electron chi connectivity index (χ0n) is 11.9. The van der Waals surface area contributed by atoms with E-state index in [-0.39, 0.29) is 10.8 Å². The lowest BCUT2D eigenvalue weighted by Crippen LogP contribution is -2.32. The van der Waals surface area contributed by atoms with Crippen LogP contribution >= 0.6 is 0 Å². The van der Waals surface area contributed by atoms with Crippen molar-refractivity contribution in [2.45, 2.75) is 33.6 Å². The highest BCUT2D eigenvalue weighted by molar-refractivity contribution is 6.08. The van der Waals surface area contributed by atoms with E-state index in [2.05, 4.69) is 26.8 Å². The van der Waals surface area contributed by atoms with E-state index in [9.17, 15) is 4.79 Å². The van der Waals surface area contributed by atoms with Crippen molar-refractivity contribution in [2.75, 3.05) is 5.73 Å². The largest absolute Gasteiger partial charge is 0.399 e. The number of carbonyl (C=O) groups excluding carboxylic acids is 1. The molecule has 0 aliphatic heterocycles. The number of allylic oxidation sites excluding steroid dienone is 1. The van der Waals surface area contributed by atoms with Crippen molar-refractivity contribution in [3.8, 4) is 0 Å². The molecular formula is C17H21NO. The van der Waals surface area contributed by atoms with Crippen LogP contribution in [0.2, 0.25) is 0 Å². The van der Waals surface area contributed by atoms with E-state index < -0.39 is 0 Å². The molecule has 0 saturated heterocycles. The maximum absolute atomic E-state index is 12.7. The van der Waals surface area contributed by atoms with Gasteiger partial charge in [-0.25, -0.2) is 0 Å². The molecule has 1 aromatic rings. The minimum absolute atomic E-state index is 0.0796. The summed E-state index contributed by atoms with van der Waals surface area (Å²) in [5.41, 5.74) is 8.50. The lowest BCUT2D eigenvalue weighted by molar-refractivity contribution is -0.125. The van der Waals surface area contributed by atoms with Gasteiger partial charge in [0.2, 0.25) is 0 Å². The first-order chi connectivity index (χ1) is 8.86. The van der Waals surface area contributed by atoms with Crippen LogP contribution in [-0.2, 0) is 4.79 Å². The van der Waals surface area contributed by atoms with Crippen LogP contribution in [0.5, 0.6) is 0 Å². The third kappa shape index (κ3) is 1.52. The Labute approximate surface area is 114 Å². The van der Waals surface area contributed by atoms with Crippen LogP contribution in [0, 0.1) is 16.7 Å². The molecule has 2 heteroatoms. The number of nitrogens with two attached hydrogens (primary N) is 1. The first-order valence-corrected chi connectivity index (χ1v) is 6.98. The topological polar surface area (TPSA) is 43.1 Å². The number of anilines is 1. The highest BCUT2D eigenvalue weighted by Crippen LogP contribution is 2.65. The van der Waals surface area contributed by atoms with Gasteiger partial charge in [0.15, 0.2) is 5.78 Å². The Hall–Kier alpha value is -1.57. The molecule has 0 spiro atoms. The molecule has 2 aliphatic carbocycles. The van der Waals surface area contributed by atoms with Crippen LogP contribution in [-0.4, -0.2) is 5.78 Å². The lowest BCUT2D eigenvalue weighted by Gasteiger charge is -2.31. The zero-order chi connectivity index (χ0) is 13.8. The summed E-state index contributed by atoms with van der Waals surface area (Å²) in [5, 5.41) is 0. The summed E-state index contributed by atoms with van der Waals surface area (Å²) in [5.74, 6) is 0.739. The van der Waals surface area contributed by atoms with E-state index >= 15 is 0 Å². The van der Waals surface area contributed by atoms with Gasteiger partial charge in [-0.15, -0.1) is 0 Å². The fourth-order valence-corrected chi connectivity index (χ4v) is 3.92. The summed E-state index contributed by atoms with van der Waals surface area (Å²) in [4.78, 5) is 12.7. The molecule has 2 bridgehead atoms. The monoisotopic (exact) mass is 255 g/mol. The van der Waals surface area contributed by atoms with Crippen molar-refractivity contribution in [3.63, 3.8) is 0 Å². The van der Waals surface area contributed by atoms with Gasteiger partial charge >= 0.3 is 0 Å². The number of Topliss-reactive ketones (excluding diaryl/α,β-unsaturated/α-hetero) is 1. The SMILES string of the molecule is CC12CCC(/C(=C/c3cccc(N)c3)C1=O)C2(C)C. The van der Waals surface area contributed by atoms with E-state index in [1.165, 1.54) is 0 Å². The Kier molecular flexibility index (Phi) is 2.44. The van der Waals surface area contributed by atoms with Gasteiger partial charge in [0.25, 0.3) is 0 Å². The summed E-state index contributed by atoms with van der Waals surface area (Å²) in [7, 11) is 0. The minimum Gasteiger partial charge on any atom is -0.399 e. The highest BCUT2D eigenvalue weighted by atomic mass is 16.1. The van der Waals surface area contributed by atoms with Crippen molar-refractivity contribution >= 4 is 17.5 Å². The Morgan fingerprint density at radius 2 is 2.05 bits per heavy atom. The van der Waals surface area contributed by atoms with Crippen LogP contribution in [0.3, 0.4) is 0 Å². The van der Waals surface area contributed by atoms with Crippen LogP contribution in [0.15, 0.2) is 29.8 Å². The molecule has 2 N–H and O–H groups in total. The minimum atomic E-state index is -0.177. The van der Waals surface area contributed by atoms with E-state index in [0.29, 0.717) is 11.7 Å². The molecule has 2 fully saturated rings. The second-order valence-corrected chi connectivity index (χ2v) is 6.74. The van der Waals surface area contributed by atoms with Crippen molar-refractivity contribution in [1.82, 2.24) is 0 Å². The molecular weight excluding hydrogens is 234 g/mol. The third-order valence-corrected chi connectivity index (χ3v) is 5.60. The van der Waals surface area contributed by atoms with Gasteiger partial charge in [-0.3, -0.25) is 4.79 Å². The van der Waals surface area contributed by atoms with Crippen LogP contribution < -0.4 is 5.73 Å². The fourth-order valence-electron chi connectivity index (χ4n) is 3.92. The quantitative estimate of drug-likeness (QED) is 0.614. The average Bonchev–Trinajstić information content (AvgIpc) is 2.64. The smallest absolute Gasteiger partial charge is 0.165 e. The number of hydrogen-bond donors (Lipinski definition) is 1. The number of carbonyl (C=O) groups is 1. The summed E-state index contributed by atoms with van der Waals surface area (Å²) in [6.45, 7) is 6.61. The van der Waals surface area contributed by atoms with Gasteiger partial charge in [0.1, 0.15) is 0 Å². The van der Waals surface area contributed by atoms with Crippen LogP contribution in [0.25, 0.3) is 6.08 Å². The first kappa shape index (κ1) is 12.5. The molecule has 0 amide bonds. The third-order valence-electron chi connectivity index (χ3n) is 5.60. The molecule has 2 unspecified atom stereocenters. The predicted molar refractivity (Wildman–Crippen MR) is 78.5 cm³/mol. The second kappa shape index (κ2) is 3.72. The van der Waals surface area contributed by atoms with Gasteiger partial charge in [0.05, 0.1) is 0 Å². The van der Waals surface area contributed by atoms with E-state index in [1.54, 1.807) is 0 Å². The van der Waals surface area contributed by atoms with Gasteiger partial charge in [0, 0.05) is 11.1 Å². The highest BCUT2D eigenvalue weighted by Gasteiger charge is 2.63. The maximum atomic E-state index is 12.7. The van der Waals surface area contributed by atoms with E-state index in [4.69, 9.17) is 5.73 Å². The van der Waals surface area contributed by atoms with Crippen molar-refractivity contribution < 1.29 is 4.79 Å².